The van der Waals surface area contributed by atoms with Crippen molar-refractivity contribution >= 4 is 27.2 Å². The molecule has 1 aliphatic rings. The van der Waals surface area contributed by atoms with Crippen molar-refractivity contribution in [3.05, 3.63) is 53.1 Å². The molecule has 3 rings (SSSR count). The first-order valence-corrected chi connectivity index (χ1v) is 9.17. The highest BCUT2D eigenvalue weighted by molar-refractivity contribution is 7.91. The lowest BCUT2D eigenvalue weighted by Crippen LogP contribution is -2.21. The summed E-state index contributed by atoms with van der Waals surface area (Å²) < 4.78 is 25.8. The fraction of sp³-hybridized carbons (Fsp3) is 0.222. The Labute approximate surface area is 140 Å². The van der Waals surface area contributed by atoms with Gasteiger partial charge in [-0.3, -0.25) is 9.59 Å². The quantitative estimate of drug-likeness (QED) is 0.793. The third kappa shape index (κ3) is 2.63. The van der Waals surface area contributed by atoms with Gasteiger partial charge in [-0.05, 0) is 42.3 Å². The van der Waals surface area contributed by atoms with Gasteiger partial charge in [-0.15, -0.1) is 0 Å². The van der Waals surface area contributed by atoms with E-state index in [0.717, 1.165) is 18.4 Å². The van der Waals surface area contributed by atoms with Gasteiger partial charge >= 0.3 is 0 Å². The number of amides is 1. The van der Waals surface area contributed by atoms with Gasteiger partial charge in [0, 0.05) is 23.7 Å². The Kier molecular flexibility index (Phi) is 4.01. The molecule has 0 saturated heterocycles. The Morgan fingerprint density at radius 3 is 2.46 bits per heavy atom. The topological polar surface area (TPSA) is 80.3 Å². The number of aryl methyl sites for hydroxylation is 1. The molecule has 24 heavy (non-hydrogen) atoms. The molecule has 1 amide bonds. The number of carbonyl (C=O) groups excluding carboxylic acids is 2. The molecule has 0 fully saturated rings. The number of nitrogens with one attached hydrogen (secondary N) is 1. The zero-order valence-corrected chi connectivity index (χ0v) is 14.2. The molecular weight excluding hydrogens is 326 g/mol. The number of rotatable bonds is 3. The molecule has 0 aliphatic carbocycles. The Balaban J connectivity index is 2.19. The maximum Gasteiger partial charge on any atom is 0.221 e. The normalized spacial score (nSPS) is 14.7. The molecule has 5 nitrogen and oxygen atoms in total. The van der Waals surface area contributed by atoms with Crippen molar-refractivity contribution in [2.24, 2.45) is 0 Å². The van der Waals surface area contributed by atoms with Gasteiger partial charge in [0.1, 0.15) is 0 Å². The molecule has 2 aromatic carbocycles. The van der Waals surface area contributed by atoms with Crippen LogP contribution in [0.15, 0.2) is 46.2 Å². The monoisotopic (exact) mass is 343 g/mol. The molecule has 0 spiro atoms. The number of sulfone groups is 1. The van der Waals surface area contributed by atoms with Crippen molar-refractivity contribution in [2.75, 3.05) is 5.32 Å². The number of hydrogen-bond donors (Lipinski definition) is 1. The Hall–Kier alpha value is -2.47. The average molecular weight is 343 g/mol. The minimum atomic E-state index is -3.80. The number of anilines is 1. The van der Waals surface area contributed by atoms with Crippen LogP contribution in [0, 0.1) is 0 Å². The molecule has 0 atom stereocenters. The lowest BCUT2D eigenvalue weighted by molar-refractivity contribution is -0.114. The molecule has 1 N–H and O–H groups in total. The van der Waals surface area contributed by atoms with Crippen LogP contribution in [0.1, 0.15) is 41.8 Å². The van der Waals surface area contributed by atoms with Crippen LogP contribution in [0.3, 0.4) is 0 Å². The SMILES string of the molecule is CCCc1ccc2c(c1)C(=O)c1ccc(NC(C)=O)cc1S2(=O)=O. The Morgan fingerprint density at radius 2 is 1.79 bits per heavy atom. The first-order chi connectivity index (χ1) is 11.3. The molecule has 0 aromatic heterocycles. The van der Waals surface area contributed by atoms with Crippen molar-refractivity contribution < 1.29 is 18.0 Å². The van der Waals surface area contributed by atoms with Crippen molar-refractivity contribution in [3.63, 3.8) is 0 Å². The summed E-state index contributed by atoms with van der Waals surface area (Å²) in [5, 5.41) is 2.54. The number of hydrogen-bond acceptors (Lipinski definition) is 4. The fourth-order valence-corrected chi connectivity index (χ4v) is 4.57. The van der Waals surface area contributed by atoms with Gasteiger partial charge in [0.2, 0.25) is 15.7 Å². The van der Waals surface area contributed by atoms with E-state index in [0.29, 0.717) is 5.69 Å². The highest BCUT2D eigenvalue weighted by atomic mass is 32.2. The number of benzene rings is 2. The summed E-state index contributed by atoms with van der Waals surface area (Å²) in [6, 6.07) is 9.25. The van der Waals surface area contributed by atoms with Gasteiger partial charge in [-0.2, -0.15) is 0 Å². The molecule has 124 valence electrons. The zero-order valence-electron chi connectivity index (χ0n) is 13.4. The summed E-state index contributed by atoms with van der Waals surface area (Å²) in [4.78, 5) is 23.9. The van der Waals surface area contributed by atoms with E-state index < -0.39 is 9.84 Å². The van der Waals surface area contributed by atoms with Gasteiger partial charge in [-0.1, -0.05) is 19.4 Å². The molecule has 1 heterocycles. The second kappa shape index (κ2) is 5.87. The van der Waals surface area contributed by atoms with Crippen LogP contribution in [-0.4, -0.2) is 20.1 Å². The minimum absolute atomic E-state index is 0.0276. The first-order valence-electron chi connectivity index (χ1n) is 7.69. The molecule has 1 aliphatic heterocycles. The molecule has 6 heteroatoms. The Morgan fingerprint density at radius 1 is 1.04 bits per heavy atom. The average Bonchev–Trinajstić information content (AvgIpc) is 2.52. The van der Waals surface area contributed by atoms with Gasteiger partial charge in [0.05, 0.1) is 9.79 Å². The first kappa shape index (κ1) is 16.4. The zero-order chi connectivity index (χ0) is 17.5. The van der Waals surface area contributed by atoms with E-state index in [2.05, 4.69) is 5.32 Å². The molecule has 2 aromatic rings. The summed E-state index contributed by atoms with van der Waals surface area (Å²) in [6.45, 7) is 3.36. The molecule has 0 radical (unpaired) electrons. The van der Waals surface area contributed by atoms with E-state index in [1.807, 2.05) is 6.92 Å². The predicted octanol–water partition coefficient (Wildman–Crippen LogP) is 2.97. The van der Waals surface area contributed by atoms with Gasteiger partial charge in [-0.25, -0.2) is 8.42 Å². The van der Waals surface area contributed by atoms with Crippen LogP contribution in [0.25, 0.3) is 0 Å². The van der Waals surface area contributed by atoms with Crippen molar-refractivity contribution in [3.8, 4) is 0 Å². The maximum absolute atomic E-state index is 12.9. The lowest BCUT2D eigenvalue weighted by atomic mass is 9.99. The smallest absolute Gasteiger partial charge is 0.221 e. The fourth-order valence-electron chi connectivity index (χ4n) is 2.91. The van der Waals surface area contributed by atoms with Gasteiger partial charge in [0.25, 0.3) is 0 Å². The number of ketones is 1. The standard InChI is InChI=1S/C18H17NO4S/c1-3-4-12-5-8-16-15(9-12)18(21)14-7-6-13(19-11(2)20)10-17(14)24(16,22)23/h5-10H,3-4H2,1-2H3,(H,19,20). The summed E-state index contributed by atoms with van der Waals surface area (Å²) in [5.74, 6) is -0.610. The Bertz CT molecular complexity index is 961. The van der Waals surface area contributed by atoms with Crippen LogP contribution < -0.4 is 5.32 Å². The van der Waals surface area contributed by atoms with Crippen LogP contribution in [0.4, 0.5) is 5.69 Å². The van der Waals surface area contributed by atoms with Crippen LogP contribution >= 0.6 is 0 Å². The lowest BCUT2D eigenvalue weighted by Gasteiger charge is -2.20. The third-order valence-corrected chi connectivity index (χ3v) is 5.80. The summed E-state index contributed by atoms with van der Waals surface area (Å²) in [6.07, 6.45) is 1.70. The number of fused-ring (bicyclic) bond motifs is 2. The molecular formula is C18H17NO4S. The second-order valence-corrected chi connectivity index (χ2v) is 7.69. The van der Waals surface area contributed by atoms with E-state index in [-0.39, 0.29) is 32.6 Å². The summed E-state index contributed by atoms with van der Waals surface area (Å²) in [5.41, 5.74) is 1.66. The second-order valence-electron chi connectivity index (χ2n) is 5.81. The van der Waals surface area contributed by atoms with E-state index in [9.17, 15) is 18.0 Å². The van der Waals surface area contributed by atoms with Gasteiger partial charge < -0.3 is 5.32 Å². The summed E-state index contributed by atoms with van der Waals surface area (Å²) in [7, 11) is -3.80. The van der Waals surface area contributed by atoms with Crippen LogP contribution in [0.5, 0.6) is 0 Å². The number of carbonyl (C=O) groups is 2. The maximum atomic E-state index is 12.9. The van der Waals surface area contributed by atoms with E-state index in [1.165, 1.54) is 31.2 Å². The molecule has 0 saturated carbocycles. The molecule has 0 unspecified atom stereocenters. The minimum Gasteiger partial charge on any atom is -0.326 e. The highest BCUT2D eigenvalue weighted by Crippen LogP contribution is 2.36. The van der Waals surface area contributed by atoms with Crippen LogP contribution in [-0.2, 0) is 21.1 Å². The van der Waals surface area contributed by atoms with Crippen molar-refractivity contribution in [1.29, 1.82) is 0 Å². The van der Waals surface area contributed by atoms with E-state index in [4.69, 9.17) is 0 Å². The third-order valence-electron chi connectivity index (χ3n) is 3.95. The van der Waals surface area contributed by atoms with Crippen molar-refractivity contribution in [1.82, 2.24) is 0 Å². The van der Waals surface area contributed by atoms with E-state index >= 15 is 0 Å². The summed E-state index contributed by atoms with van der Waals surface area (Å²) >= 11 is 0. The highest BCUT2D eigenvalue weighted by Gasteiger charge is 2.35. The largest absolute Gasteiger partial charge is 0.326 e. The van der Waals surface area contributed by atoms with Gasteiger partial charge in [0.15, 0.2) is 5.78 Å². The van der Waals surface area contributed by atoms with Crippen molar-refractivity contribution in [2.45, 2.75) is 36.5 Å². The molecule has 0 bridgehead atoms. The van der Waals surface area contributed by atoms with E-state index in [1.54, 1.807) is 12.1 Å². The van der Waals surface area contributed by atoms with Crippen LogP contribution in [0.2, 0.25) is 0 Å². The predicted molar refractivity (Wildman–Crippen MR) is 90.1 cm³/mol.